The third-order valence-electron chi connectivity index (χ3n) is 1.98. The molecule has 5 nitrogen and oxygen atoms in total. The van der Waals surface area contributed by atoms with Crippen LogP contribution in [0.25, 0.3) is 10.4 Å². The van der Waals surface area contributed by atoms with E-state index in [9.17, 15) is 9.18 Å². The van der Waals surface area contributed by atoms with Gasteiger partial charge in [0, 0.05) is 23.4 Å². The van der Waals surface area contributed by atoms with Gasteiger partial charge in [0.15, 0.2) is 17.3 Å². The van der Waals surface area contributed by atoms with Crippen LogP contribution in [0.1, 0.15) is 16.8 Å². The number of ether oxygens (including phenoxy) is 1. The van der Waals surface area contributed by atoms with Gasteiger partial charge in [0.1, 0.15) is 0 Å². The Morgan fingerprint density at radius 2 is 2.38 bits per heavy atom. The molecule has 0 saturated heterocycles. The van der Waals surface area contributed by atoms with E-state index in [4.69, 9.17) is 10.3 Å². The third kappa shape index (κ3) is 2.96. The highest BCUT2D eigenvalue weighted by Crippen LogP contribution is 2.18. The van der Waals surface area contributed by atoms with Crippen molar-refractivity contribution in [2.45, 2.75) is 6.42 Å². The van der Waals surface area contributed by atoms with Crippen molar-refractivity contribution in [2.75, 3.05) is 13.7 Å². The summed E-state index contributed by atoms with van der Waals surface area (Å²) >= 11 is 0. The van der Waals surface area contributed by atoms with Crippen LogP contribution in [0.5, 0.6) is 5.75 Å². The number of hydrogen-bond donors (Lipinski definition) is 0. The summed E-state index contributed by atoms with van der Waals surface area (Å²) in [5, 5.41) is 3.23. The molecule has 0 unspecified atom stereocenters. The lowest BCUT2D eigenvalue weighted by atomic mass is 10.1. The van der Waals surface area contributed by atoms with Crippen molar-refractivity contribution in [3.63, 3.8) is 0 Å². The number of benzene rings is 1. The first-order valence-electron chi connectivity index (χ1n) is 4.56. The number of rotatable bonds is 5. The minimum absolute atomic E-state index is 0.0653. The van der Waals surface area contributed by atoms with Crippen LogP contribution in [0.4, 0.5) is 4.39 Å². The van der Waals surface area contributed by atoms with Crippen molar-refractivity contribution in [1.82, 2.24) is 0 Å². The highest BCUT2D eigenvalue weighted by atomic mass is 19.1. The van der Waals surface area contributed by atoms with E-state index < -0.39 is 5.82 Å². The second-order valence-electron chi connectivity index (χ2n) is 2.98. The topological polar surface area (TPSA) is 75.1 Å². The van der Waals surface area contributed by atoms with Gasteiger partial charge in [-0.15, -0.1) is 0 Å². The average Bonchev–Trinajstić information content (AvgIpc) is 2.29. The first-order chi connectivity index (χ1) is 7.69. The Kier molecular flexibility index (Phi) is 4.29. The van der Waals surface area contributed by atoms with Gasteiger partial charge < -0.3 is 4.74 Å². The molecule has 0 saturated carbocycles. The van der Waals surface area contributed by atoms with Gasteiger partial charge in [-0.1, -0.05) is 5.11 Å². The highest BCUT2D eigenvalue weighted by molar-refractivity contribution is 5.96. The van der Waals surface area contributed by atoms with Crippen LogP contribution in [0.15, 0.2) is 23.3 Å². The van der Waals surface area contributed by atoms with Crippen LogP contribution in [-0.2, 0) is 0 Å². The molecule has 0 radical (unpaired) electrons. The van der Waals surface area contributed by atoms with Crippen LogP contribution < -0.4 is 4.74 Å². The summed E-state index contributed by atoms with van der Waals surface area (Å²) in [6.45, 7) is 0.0724. The summed E-state index contributed by atoms with van der Waals surface area (Å²) in [7, 11) is 1.35. The Bertz CT molecular complexity index is 442. The number of carbonyl (C=O) groups excluding carboxylic acids is 1. The maximum absolute atomic E-state index is 13.2. The third-order valence-corrected chi connectivity index (χ3v) is 1.98. The van der Waals surface area contributed by atoms with Crippen molar-refractivity contribution in [3.8, 4) is 5.75 Å². The maximum Gasteiger partial charge on any atom is 0.165 e. The molecule has 1 aromatic carbocycles. The molecule has 0 fully saturated rings. The molecule has 0 aliphatic heterocycles. The average molecular weight is 223 g/mol. The monoisotopic (exact) mass is 223 g/mol. The number of hydrogen-bond acceptors (Lipinski definition) is 3. The van der Waals surface area contributed by atoms with Crippen LogP contribution in [0, 0.1) is 5.82 Å². The molecular weight excluding hydrogens is 213 g/mol. The maximum atomic E-state index is 13.2. The van der Waals surface area contributed by atoms with Crippen LogP contribution >= 0.6 is 0 Å². The van der Waals surface area contributed by atoms with Gasteiger partial charge in [0.25, 0.3) is 0 Å². The lowest BCUT2D eigenvalue weighted by Crippen LogP contribution is -2.02. The Morgan fingerprint density at radius 3 is 2.94 bits per heavy atom. The van der Waals surface area contributed by atoms with Crippen molar-refractivity contribution < 1.29 is 13.9 Å². The Hall–Kier alpha value is -2.07. The number of halogens is 1. The lowest BCUT2D eigenvalue weighted by Gasteiger charge is -2.03. The van der Waals surface area contributed by atoms with E-state index in [0.29, 0.717) is 0 Å². The van der Waals surface area contributed by atoms with E-state index >= 15 is 0 Å². The van der Waals surface area contributed by atoms with Crippen LogP contribution in [-0.4, -0.2) is 19.4 Å². The second kappa shape index (κ2) is 5.72. The van der Waals surface area contributed by atoms with Crippen LogP contribution in [0.3, 0.4) is 0 Å². The van der Waals surface area contributed by atoms with E-state index in [1.165, 1.54) is 19.2 Å². The zero-order valence-electron chi connectivity index (χ0n) is 8.68. The SMILES string of the molecule is COc1ccc(C(=O)CCN=[N+]=[N-])cc1F. The molecule has 0 N–H and O–H groups in total. The molecule has 0 bridgehead atoms. The number of nitrogens with zero attached hydrogens (tertiary/aromatic N) is 3. The number of ketones is 1. The zero-order chi connectivity index (χ0) is 12.0. The minimum atomic E-state index is -0.586. The normalized spacial score (nSPS) is 9.38. The second-order valence-corrected chi connectivity index (χ2v) is 2.98. The van der Waals surface area contributed by atoms with Gasteiger partial charge in [-0.2, -0.15) is 0 Å². The highest BCUT2D eigenvalue weighted by Gasteiger charge is 2.09. The number of azide groups is 1. The number of methoxy groups -OCH3 is 1. The fraction of sp³-hybridized carbons (Fsp3) is 0.300. The van der Waals surface area contributed by atoms with E-state index in [-0.39, 0.29) is 30.1 Å². The van der Waals surface area contributed by atoms with E-state index in [2.05, 4.69) is 10.0 Å². The first kappa shape index (κ1) is 12.0. The Labute approximate surface area is 91.5 Å². The molecule has 16 heavy (non-hydrogen) atoms. The summed E-state index contributed by atoms with van der Waals surface area (Å²) in [5.74, 6) is -0.766. The molecule has 0 spiro atoms. The summed E-state index contributed by atoms with van der Waals surface area (Å²) < 4.78 is 18.0. The molecule has 0 amide bonds. The van der Waals surface area contributed by atoms with Gasteiger partial charge in [0.05, 0.1) is 7.11 Å². The van der Waals surface area contributed by atoms with Gasteiger partial charge in [-0.05, 0) is 23.7 Å². The molecule has 0 atom stereocenters. The molecule has 0 heterocycles. The quantitative estimate of drug-likeness (QED) is 0.333. The fourth-order valence-corrected chi connectivity index (χ4v) is 1.18. The number of carbonyl (C=O) groups is 1. The summed E-state index contributed by atoms with van der Waals surface area (Å²) in [6.07, 6.45) is 0.0653. The summed E-state index contributed by atoms with van der Waals surface area (Å²) in [4.78, 5) is 14.0. The van der Waals surface area contributed by atoms with Gasteiger partial charge >= 0.3 is 0 Å². The molecular formula is C10H10FN3O2. The zero-order valence-corrected chi connectivity index (χ0v) is 8.68. The van der Waals surface area contributed by atoms with Gasteiger partial charge in [0.2, 0.25) is 0 Å². The predicted molar refractivity (Wildman–Crippen MR) is 55.9 cm³/mol. The van der Waals surface area contributed by atoms with E-state index in [0.717, 1.165) is 6.07 Å². The summed E-state index contributed by atoms with van der Waals surface area (Å²) in [5.41, 5.74) is 8.27. The molecule has 0 aromatic heterocycles. The molecule has 6 heteroatoms. The molecule has 0 aliphatic rings. The Morgan fingerprint density at radius 1 is 1.62 bits per heavy atom. The van der Waals surface area contributed by atoms with Crippen molar-refractivity contribution in [3.05, 3.63) is 40.0 Å². The predicted octanol–water partition coefficient (Wildman–Crippen LogP) is 2.72. The van der Waals surface area contributed by atoms with E-state index in [1.54, 1.807) is 0 Å². The van der Waals surface area contributed by atoms with Gasteiger partial charge in [-0.25, -0.2) is 4.39 Å². The molecule has 1 rings (SSSR count). The smallest absolute Gasteiger partial charge is 0.165 e. The number of Topliss-reactive ketones (excluding diaryl/α,β-unsaturated/α-hetero) is 1. The lowest BCUT2D eigenvalue weighted by molar-refractivity contribution is 0.0985. The van der Waals surface area contributed by atoms with Crippen LogP contribution in [0.2, 0.25) is 0 Å². The van der Waals surface area contributed by atoms with Gasteiger partial charge in [-0.3, -0.25) is 4.79 Å². The minimum Gasteiger partial charge on any atom is -0.494 e. The van der Waals surface area contributed by atoms with Crippen molar-refractivity contribution in [1.29, 1.82) is 0 Å². The Balaban J connectivity index is 2.76. The largest absolute Gasteiger partial charge is 0.494 e. The fourth-order valence-electron chi connectivity index (χ4n) is 1.18. The first-order valence-corrected chi connectivity index (χ1v) is 4.56. The molecule has 84 valence electrons. The van der Waals surface area contributed by atoms with Crippen molar-refractivity contribution >= 4 is 5.78 Å². The van der Waals surface area contributed by atoms with Crippen molar-refractivity contribution in [2.24, 2.45) is 5.11 Å². The molecule has 0 aliphatic carbocycles. The van der Waals surface area contributed by atoms with E-state index in [1.807, 2.05) is 0 Å². The summed E-state index contributed by atoms with van der Waals surface area (Å²) in [6, 6.07) is 3.97. The molecule has 1 aromatic rings. The standard InChI is InChI=1S/C10H10FN3O2/c1-16-10-3-2-7(6-8(10)11)9(15)4-5-13-14-12/h2-3,6H,4-5H2,1H3.